The molecule has 0 bridgehead atoms. The molecule has 2 N–H and O–H groups in total. The zero-order chi connectivity index (χ0) is 12.1. The highest BCUT2D eigenvalue weighted by Crippen LogP contribution is 2.34. The third-order valence-corrected chi connectivity index (χ3v) is 3.09. The number of aliphatic hydroxyl groups is 1. The van der Waals surface area contributed by atoms with Crippen molar-refractivity contribution in [2.75, 3.05) is 13.7 Å². The van der Waals surface area contributed by atoms with Gasteiger partial charge in [0, 0.05) is 6.54 Å². The van der Waals surface area contributed by atoms with Crippen LogP contribution in [0.3, 0.4) is 0 Å². The Morgan fingerprint density at radius 3 is 2.38 bits per heavy atom. The van der Waals surface area contributed by atoms with Gasteiger partial charge >= 0.3 is 0 Å². The van der Waals surface area contributed by atoms with Crippen molar-refractivity contribution in [3.63, 3.8) is 0 Å². The molecule has 0 fully saturated rings. The summed E-state index contributed by atoms with van der Waals surface area (Å²) in [5.41, 5.74) is 1.16. The summed E-state index contributed by atoms with van der Waals surface area (Å²) in [6, 6.07) is 4.00. The average molecular weight is 353 g/mol. The highest BCUT2D eigenvalue weighted by Gasteiger charge is 2.09. The summed E-state index contributed by atoms with van der Waals surface area (Å²) in [5.74, 6) is 0.723. The summed E-state index contributed by atoms with van der Waals surface area (Å²) in [7, 11) is 1.90. The van der Waals surface area contributed by atoms with E-state index in [1.54, 1.807) is 6.92 Å². The Kier molecular flexibility index (Phi) is 5.75. The van der Waals surface area contributed by atoms with Crippen LogP contribution in [0.1, 0.15) is 12.5 Å². The van der Waals surface area contributed by atoms with Gasteiger partial charge in [0.05, 0.1) is 15.0 Å². The van der Waals surface area contributed by atoms with E-state index < -0.39 is 6.10 Å². The first-order valence-corrected chi connectivity index (χ1v) is 6.56. The molecule has 0 radical (unpaired) electrons. The topological polar surface area (TPSA) is 41.5 Å². The number of hydrogen-bond donors (Lipinski definition) is 2. The van der Waals surface area contributed by atoms with Crippen LogP contribution >= 0.6 is 31.9 Å². The normalized spacial score (nSPS) is 12.6. The molecule has 1 unspecified atom stereocenters. The molecule has 0 aliphatic rings. The molecule has 3 nitrogen and oxygen atoms in total. The smallest absolute Gasteiger partial charge is 0.147 e. The van der Waals surface area contributed by atoms with E-state index in [1.807, 2.05) is 19.2 Å². The summed E-state index contributed by atoms with van der Waals surface area (Å²) < 4.78 is 7.26. The maximum atomic E-state index is 9.17. The maximum absolute atomic E-state index is 9.17. The SMILES string of the molecule is CNCc1cc(Br)c(OCC(C)O)c(Br)c1. The Labute approximate surface area is 112 Å². The molecule has 0 saturated carbocycles. The Morgan fingerprint density at radius 2 is 1.94 bits per heavy atom. The van der Waals surface area contributed by atoms with E-state index >= 15 is 0 Å². The molecule has 16 heavy (non-hydrogen) atoms. The van der Waals surface area contributed by atoms with Gasteiger partial charge in [-0.2, -0.15) is 0 Å². The molecular weight excluding hydrogens is 338 g/mol. The Hall–Kier alpha value is -0.100. The third kappa shape index (κ3) is 4.05. The Balaban J connectivity index is 2.85. The highest BCUT2D eigenvalue weighted by atomic mass is 79.9. The molecule has 0 aliphatic heterocycles. The second-order valence-corrected chi connectivity index (χ2v) is 5.29. The van der Waals surface area contributed by atoms with E-state index in [1.165, 1.54) is 0 Å². The lowest BCUT2D eigenvalue weighted by Gasteiger charge is -2.13. The van der Waals surface area contributed by atoms with Crippen LogP contribution in [-0.4, -0.2) is 24.9 Å². The minimum Gasteiger partial charge on any atom is -0.489 e. The largest absolute Gasteiger partial charge is 0.489 e. The molecule has 0 saturated heterocycles. The van der Waals surface area contributed by atoms with Crippen LogP contribution < -0.4 is 10.1 Å². The monoisotopic (exact) mass is 351 g/mol. The fourth-order valence-electron chi connectivity index (χ4n) is 1.26. The van der Waals surface area contributed by atoms with Gasteiger partial charge in [-0.3, -0.25) is 0 Å². The zero-order valence-electron chi connectivity index (χ0n) is 9.26. The van der Waals surface area contributed by atoms with Crippen molar-refractivity contribution in [1.82, 2.24) is 5.32 Å². The number of rotatable bonds is 5. The molecule has 90 valence electrons. The van der Waals surface area contributed by atoms with E-state index in [0.29, 0.717) is 0 Å². The minimum atomic E-state index is -0.476. The van der Waals surface area contributed by atoms with Gasteiger partial charge in [0.2, 0.25) is 0 Å². The molecule has 0 spiro atoms. The first kappa shape index (κ1) is 14.0. The van der Waals surface area contributed by atoms with E-state index in [4.69, 9.17) is 9.84 Å². The van der Waals surface area contributed by atoms with Crippen molar-refractivity contribution >= 4 is 31.9 Å². The summed E-state index contributed by atoms with van der Waals surface area (Å²) in [5, 5.41) is 12.3. The Bertz CT molecular complexity index is 333. The number of nitrogens with one attached hydrogen (secondary N) is 1. The molecule has 0 aliphatic carbocycles. The average Bonchev–Trinajstić information content (AvgIpc) is 2.16. The number of benzene rings is 1. The number of aliphatic hydroxyl groups excluding tert-OH is 1. The number of ether oxygens (including phenoxy) is 1. The van der Waals surface area contributed by atoms with Crippen LogP contribution in [0.15, 0.2) is 21.1 Å². The molecular formula is C11H15Br2NO2. The molecule has 5 heteroatoms. The van der Waals surface area contributed by atoms with Gasteiger partial charge < -0.3 is 15.2 Å². The molecule has 1 aromatic carbocycles. The lowest BCUT2D eigenvalue weighted by molar-refractivity contribution is 0.122. The summed E-state index contributed by atoms with van der Waals surface area (Å²) in [4.78, 5) is 0. The van der Waals surface area contributed by atoms with Crippen LogP contribution in [0, 0.1) is 0 Å². The predicted molar refractivity (Wildman–Crippen MR) is 71.8 cm³/mol. The van der Waals surface area contributed by atoms with Gasteiger partial charge in [-0.1, -0.05) is 0 Å². The van der Waals surface area contributed by atoms with Gasteiger partial charge in [0.15, 0.2) is 0 Å². The maximum Gasteiger partial charge on any atom is 0.147 e. The van der Waals surface area contributed by atoms with E-state index in [-0.39, 0.29) is 6.61 Å². The van der Waals surface area contributed by atoms with Gasteiger partial charge in [0.25, 0.3) is 0 Å². The van der Waals surface area contributed by atoms with Crippen LogP contribution in [0.2, 0.25) is 0 Å². The summed E-state index contributed by atoms with van der Waals surface area (Å²) in [6.45, 7) is 2.77. The van der Waals surface area contributed by atoms with E-state index in [0.717, 1.165) is 26.8 Å². The fourth-order valence-corrected chi connectivity index (χ4v) is 2.77. The van der Waals surface area contributed by atoms with Gasteiger partial charge in [-0.15, -0.1) is 0 Å². The summed E-state index contributed by atoms with van der Waals surface area (Å²) >= 11 is 6.91. The lowest BCUT2D eigenvalue weighted by atomic mass is 10.2. The van der Waals surface area contributed by atoms with Crippen molar-refractivity contribution in [1.29, 1.82) is 0 Å². The number of hydrogen-bond acceptors (Lipinski definition) is 3. The quantitative estimate of drug-likeness (QED) is 0.856. The molecule has 0 amide bonds. The summed E-state index contributed by atoms with van der Waals surface area (Å²) in [6.07, 6.45) is -0.476. The van der Waals surface area contributed by atoms with E-state index in [2.05, 4.69) is 37.2 Å². The number of halogens is 2. The molecule has 1 aromatic rings. The van der Waals surface area contributed by atoms with Crippen LogP contribution in [0.25, 0.3) is 0 Å². The lowest BCUT2D eigenvalue weighted by Crippen LogP contribution is -2.13. The second-order valence-electron chi connectivity index (χ2n) is 3.58. The first-order valence-electron chi connectivity index (χ1n) is 4.98. The van der Waals surface area contributed by atoms with Gasteiger partial charge in [-0.05, 0) is 63.5 Å². The van der Waals surface area contributed by atoms with Gasteiger partial charge in [0.1, 0.15) is 12.4 Å². The first-order chi connectivity index (χ1) is 7.54. The van der Waals surface area contributed by atoms with Gasteiger partial charge in [-0.25, -0.2) is 0 Å². The standard InChI is InChI=1S/C11H15Br2NO2/c1-7(15)6-16-11-9(12)3-8(5-14-2)4-10(11)13/h3-4,7,14-15H,5-6H2,1-2H3. The van der Waals surface area contributed by atoms with Crippen LogP contribution in [0.4, 0.5) is 0 Å². The van der Waals surface area contributed by atoms with Crippen molar-refractivity contribution in [3.8, 4) is 5.75 Å². The third-order valence-electron chi connectivity index (χ3n) is 1.91. The molecule has 1 rings (SSSR count). The van der Waals surface area contributed by atoms with Crippen LogP contribution in [0.5, 0.6) is 5.75 Å². The zero-order valence-corrected chi connectivity index (χ0v) is 12.4. The molecule has 0 aromatic heterocycles. The fraction of sp³-hybridized carbons (Fsp3) is 0.455. The van der Waals surface area contributed by atoms with Crippen molar-refractivity contribution in [2.24, 2.45) is 0 Å². The second kappa shape index (κ2) is 6.59. The molecule has 0 heterocycles. The minimum absolute atomic E-state index is 0.280. The Morgan fingerprint density at radius 1 is 1.38 bits per heavy atom. The van der Waals surface area contributed by atoms with Crippen molar-refractivity contribution in [2.45, 2.75) is 19.6 Å². The van der Waals surface area contributed by atoms with Crippen molar-refractivity contribution < 1.29 is 9.84 Å². The molecule has 1 atom stereocenters. The highest BCUT2D eigenvalue weighted by molar-refractivity contribution is 9.11. The van der Waals surface area contributed by atoms with Crippen molar-refractivity contribution in [3.05, 3.63) is 26.6 Å². The predicted octanol–water partition coefficient (Wildman–Crippen LogP) is 2.69. The van der Waals surface area contributed by atoms with E-state index in [9.17, 15) is 0 Å². The van der Waals surface area contributed by atoms with Crippen LogP contribution in [-0.2, 0) is 6.54 Å².